The van der Waals surface area contributed by atoms with Gasteiger partial charge in [-0.05, 0) is 38.5 Å². The smallest absolute Gasteiger partial charge is 0.282 e. The summed E-state index contributed by atoms with van der Waals surface area (Å²) in [5.41, 5.74) is 2.73. The molecule has 8 nitrogen and oxygen atoms in total. The summed E-state index contributed by atoms with van der Waals surface area (Å²) >= 11 is 1.27. The quantitative estimate of drug-likeness (QED) is 0.416. The van der Waals surface area contributed by atoms with Crippen LogP contribution in [0, 0.1) is 6.92 Å². The number of para-hydroxylation sites is 1. The number of aromatic amines is 1. The summed E-state index contributed by atoms with van der Waals surface area (Å²) in [7, 11) is 0. The predicted octanol–water partition coefficient (Wildman–Crippen LogP) is 3.42. The van der Waals surface area contributed by atoms with Gasteiger partial charge in [0.1, 0.15) is 10.8 Å². The summed E-state index contributed by atoms with van der Waals surface area (Å²) in [5.74, 6) is 0.351. The Morgan fingerprint density at radius 3 is 2.61 bits per heavy atom. The molecule has 0 bridgehead atoms. The molecule has 4 aromatic rings. The Bertz CT molecular complexity index is 1310. The van der Waals surface area contributed by atoms with E-state index in [1.807, 2.05) is 49.4 Å². The zero-order chi connectivity index (χ0) is 23.4. The van der Waals surface area contributed by atoms with Gasteiger partial charge in [0, 0.05) is 12.6 Å². The summed E-state index contributed by atoms with van der Waals surface area (Å²) in [5, 5.41) is 12.8. The van der Waals surface area contributed by atoms with Crippen molar-refractivity contribution in [2.24, 2.45) is 0 Å². The monoisotopic (exact) mass is 462 g/mol. The van der Waals surface area contributed by atoms with Crippen molar-refractivity contribution in [3.8, 4) is 0 Å². The summed E-state index contributed by atoms with van der Waals surface area (Å²) in [6, 6.07) is 15.5. The Hall–Kier alpha value is -3.43. The Balaban J connectivity index is 1.42. The van der Waals surface area contributed by atoms with Crippen LogP contribution >= 0.6 is 11.3 Å². The molecule has 170 valence electrons. The molecule has 0 aliphatic heterocycles. The molecule has 2 heterocycles. The number of aromatic nitrogens is 4. The zero-order valence-corrected chi connectivity index (χ0v) is 19.6. The highest BCUT2D eigenvalue weighted by Gasteiger charge is 2.18. The van der Waals surface area contributed by atoms with Gasteiger partial charge in [0.05, 0.1) is 24.0 Å². The molecule has 0 aliphatic carbocycles. The molecule has 2 aromatic carbocycles. The van der Waals surface area contributed by atoms with E-state index in [1.165, 1.54) is 16.9 Å². The highest BCUT2D eigenvalue weighted by Crippen LogP contribution is 2.16. The highest BCUT2D eigenvalue weighted by atomic mass is 32.1. The van der Waals surface area contributed by atoms with Crippen molar-refractivity contribution in [2.45, 2.75) is 46.4 Å². The van der Waals surface area contributed by atoms with Crippen molar-refractivity contribution < 1.29 is 4.79 Å². The topological polar surface area (TPSA) is 104 Å². The van der Waals surface area contributed by atoms with Crippen molar-refractivity contribution in [3.63, 3.8) is 0 Å². The third kappa shape index (κ3) is 5.68. The number of rotatable bonds is 8. The number of nitrogens with one attached hydrogen (secondary N) is 2. The molecule has 9 heteroatoms. The fraction of sp³-hybridized carbons (Fsp3) is 0.292. The molecule has 33 heavy (non-hydrogen) atoms. The van der Waals surface area contributed by atoms with E-state index in [1.54, 1.807) is 6.07 Å². The van der Waals surface area contributed by atoms with Crippen molar-refractivity contribution in [3.05, 3.63) is 85.9 Å². The average molecular weight is 463 g/mol. The number of benzene rings is 2. The molecule has 4 rings (SSSR count). The van der Waals surface area contributed by atoms with Gasteiger partial charge in [-0.2, -0.15) is 0 Å². The minimum atomic E-state index is -0.240. The van der Waals surface area contributed by atoms with Gasteiger partial charge in [0.25, 0.3) is 11.5 Å². The van der Waals surface area contributed by atoms with Crippen LogP contribution in [0.4, 0.5) is 0 Å². The number of H-pyrrole nitrogens is 1. The third-order valence-corrected chi connectivity index (χ3v) is 6.22. The van der Waals surface area contributed by atoms with Gasteiger partial charge in [0.15, 0.2) is 0 Å². The lowest BCUT2D eigenvalue weighted by Crippen LogP contribution is -2.31. The van der Waals surface area contributed by atoms with Crippen molar-refractivity contribution >= 4 is 28.1 Å². The number of fused-ring (bicyclic) bond motifs is 1. The molecule has 0 unspecified atom stereocenters. The fourth-order valence-corrected chi connectivity index (χ4v) is 4.15. The SMILES string of the molecule is Cc1ccc(CNC(=O)c2nnc(CN(Cc3nc4ccccc4c(=O)[nH]3)C(C)C)s2)cc1. The first-order valence-electron chi connectivity index (χ1n) is 10.8. The lowest BCUT2D eigenvalue weighted by Gasteiger charge is -2.24. The van der Waals surface area contributed by atoms with Gasteiger partial charge in [0.2, 0.25) is 5.01 Å². The zero-order valence-electron chi connectivity index (χ0n) is 18.8. The molecule has 0 radical (unpaired) electrons. The van der Waals surface area contributed by atoms with E-state index in [0.717, 1.165) is 10.6 Å². The molecule has 0 saturated heterocycles. The number of aryl methyl sites for hydroxylation is 1. The van der Waals surface area contributed by atoms with Crippen LogP contribution < -0.4 is 10.9 Å². The Kier molecular flexibility index (Phi) is 6.90. The first-order chi connectivity index (χ1) is 15.9. The summed E-state index contributed by atoms with van der Waals surface area (Å²) in [6.45, 7) is 7.54. The van der Waals surface area contributed by atoms with Crippen LogP contribution in [0.25, 0.3) is 10.9 Å². The van der Waals surface area contributed by atoms with E-state index in [-0.39, 0.29) is 17.5 Å². The molecule has 2 N–H and O–H groups in total. The standard InChI is InChI=1S/C24H26N6O2S/c1-15(2)30(13-20-26-19-7-5-4-6-18(19)22(31)27-20)14-21-28-29-24(33-21)23(32)25-12-17-10-8-16(3)9-11-17/h4-11,15H,12-14H2,1-3H3,(H,25,32)(H,26,27,31). The molecular formula is C24H26N6O2S. The minimum absolute atomic E-state index is 0.150. The van der Waals surface area contributed by atoms with Gasteiger partial charge < -0.3 is 10.3 Å². The van der Waals surface area contributed by atoms with E-state index in [0.29, 0.717) is 41.4 Å². The first kappa shape index (κ1) is 22.8. The second-order valence-corrected chi connectivity index (χ2v) is 9.26. The summed E-state index contributed by atoms with van der Waals surface area (Å²) in [4.78, 5) is 34.5. The molecule has 0 fully saturated rings. The number of carbonyl (C=O) groups excluding carboxylic acids is 1. The van der Waals surface area contributed by atoms with Crippen LogP contribution in [0.3, 0.4) is 0 Å². The minimum Gasteiger partial charge on any atom is -0.346 e. The lowest BCUT2D eigenvalue weighted by molar-refractivity contribution is 0.0950. The summed E-state index contributed by atoms with van der Waals surface area (Å²) in [6.07, 6.45) is 0. The number of hydrogen-bond donors (Lipinski definition) is 2. The van der Waals surface area contributed by atoms with Gasteiger partial charge in [-0.3, -0.25) is 14.5 Å². The van der Waals surface area contributed by atoms with Crippen molar-refractivity contribution in [1.82, 2.24) is 30.4 Å². The molecule has 0 atom stereocenters. The number of nitrogens with zero attached hydrogens (tertiary/aromatic N) is 4. The molecule has 0 aliphatic rings. The van der Waals surface area contributed by atoms with E-state index in [9.17, 15) is 9.59 Å². The largest absolute Gasteiger partial charge is 0.346 e. The van der Waals surface area contributed by atoms with Crippen LogP contribution in [0.15, 0.2) is 53.3 Å². The normalized spacial score (nSPS) is 11.4. The van der Waals surface area contributed by atoms with Crippen LogP contribution in [0.5, 0.6) is 0 Å². The van der Waals surface area contributed by atoms with E-state index in [2.05, 4.69) is 44.2 Å². The predicted molar refractivity (Wildman–Crippen MR) is 129 cm³/mol. The lowest BCUT2D eigenvalue weighted by atomic mass is 10.1. The van der Waals surface area contributed by atoms with Gasteiger partial charge in [-0.15, -0.1) is 10.2 Å². The Labute approximate surface area is 195 Å². The van der Waals surface area contributed by atoms with Crippen LogP contribution in [0.2, 0.25) is 0 Å². The number of carbonyl (C=O) groups is 1. The fourth-order valence-electron chi connectivity index (χ4n) is 3.37. The molecule has 0 spiro atoms. The van der Waals surface area contributed by atoms with Crippen LogP contribution in [-0.4, -0.2) is 37.0 Å². The maximum atomic E-state index is 12.5. The third-order valence-electron chi connectivity index (χ3n) is 5.32. The van der Waals surface area contributed by atoms with E-state index in [4.69, 9.17) is 0 Å². The Morgan fingerprint density at radius 2 is 1.85 bits per heavy atom. The number of hydrogen-bond acceptors (Lipinski definition) is 7. The average Bonchev–Trinajstić information content (AvgIpc) is 3.27. The molecule has 0 saturated carbocycles. The van der Waals surface area contributed by atoms with Crippen LogP contribution in [-0.2, 0) is 19.6 Å². The first-order valence-corrected chi connectivity index (χ1v) is 11.6. The molecule has 1 amide bonds. The van der Waals surface area contributed by atoms with Crippen molar-refractivity contribution in [2.75, 3.05) is 0 Å². The number of amides is 1. The van der Waals surface area contributed by atoms with Gasteiger partial charge >= 0.3 is 0 Å². The second kappa shape index (κ2) is 10.0. The second-order valence-electron chi connectivity index (χ2n) is 8.20. The summed E-state index contributed by atoms with van der Waals surface area (Å²) < 4.78 is 0. The van der Waals surface area contributed by atoms with E-state index >= 15 is 0 Å². The van der Waals surface area contributed by atoms with Gasteiger partial charge in [-0.25, -0.2) is 4.98 Å². The highest BCUT2D eigenvalue weighted by molar-refractivity contribution is 7.13. The van der Waals surface area contributed by atoms with E-state index < -0.39 is 0 Å². The molecular weight excluding hydrogens is 436 g/mol. The van der Waals surface area contributed by atoms with Gasteiger partial charge in [-0.1, -0.05) is 53.3 Å². The maximum absolute atomic E-state index is 12.5. The molecule has 2 aromatic heterocycles. The Morgan fingerprint density at radius 1 is 1.09 bits per heavy atom. The maximum Gasteiger partial charge on any atom is 0.282 e. The van der Waals surface area contributed by atoms with Crippen LogP contribution in [0.1, 0.15) is 45.6 Å². The van der Waals surface area contributed by atoms with Crippen molar-refractivity contribution in [1.29, 1.82) is 0 Å².